The molecule has 0 amide bonds. The number of nitrogens with zero attached hydrogens (tertiary/aromatic N) is 2. The molecule has 7 heteroatoms. The van der Waals surface area contributed by atoms with Crippen molar-refractivity contribution in [2.45, 2.75) is 6.42 Å². The molecule has 0 bridgehead atoms. The van der Waals surface area contributed by atoms with E-state index in [2.05, 4.69) is 0 Å². The second kappa shape index (κ2) is 5.24. The Morgan fingerprint density at radius 1 is 1.59 bits per heavy atom. The predicted octanol–water partition coefficient (Wildman–Crippen LogP) is 1.64. The number of hydrogen-bond acceptors (Lipinski definition) is 4. The fourth-order valence-electron chi connectivity index (χ4n) is 1.35. The average Bonchev–Trinajstić information content (AvgIpc) is 2.25. The number of benzene rings is 1. The molecule has 0 fully saturated rings. The molecular weight excluding hydrogens is 231 g/mol. The first-order chi connectivity index (χ1) is 7.91. The highest BCUT2D eigenvalue weighted by Gasteiger charge is 2.18. The quantitative estimate of drug-likeness (QED) is 0.626. The van der Waals surface area contributed by atoms with Crippen LogP contribution < -0.4 is 4.90 Å². The van der Waals surface area contributed by atoms with Crippen molar-refractivity contribution in [3.05, 3.63) is 34.1 Å². The number of halogens is 1. The van der Waals surface area contributed by atoms with Crippen LogP contribution in [0.25, 0.3) is 0 Å². The van der Waals surface area contributed by atoms with E-state index in [1.807, 2.05) is 0 Å². The Balaban J connectivity index is 2.96. The molecule has 0 radical (unpaired) electrons. The van der Waals surface area contributed by atoms with Crippen LogP contribution in [0.3, 0.4) is 0 Å². The van der Waals surface area contributed by atoms with Crippen molar-refractivity contribution in [2.75, 3.05) is 18.5 Å². The van der Waals surface area contributed by atoms with Gasteiger partial charge in [-0.3, -0.25) is 14.9 Å². The molecule has 17 heavy (non-hydrogen) atoms. The van der Waals surface area contributed by atoms with Gasteiger partial charge in [-0.25, -0.2) is 4.39 Å². The normalized spacial score (nSPS) is 10.0. The molecule has 0 saturated heterocycles. The molecule has 92 valence electrons. The topological polar surface area (TPSA) is 83.7 Å². The number of hydrogen-bond donors (Lipinski definition) is 1. The van der Waals surface area contributed by atoms with E-state index in [1.165, 1.54) is 18.0 Å². The zero-order chi connectivity index (χ0) is 13.0. The van der Waals surface area contributed by atoms with Gasteiger partial charge in [-0.1, -0.05) is 0 Å². The third kappa shape index (κ3) is 3.40. The zero-order valence-electron chi connectivity index (χ0n) is 9.09. The summed E-state index contributed by atoms with van der Waals surface area (Å²) in [5.74, 6) is -1.70. The first-order valence-corrected chi connectivity index (χ1v) is 4.78. The molecule has 1 aromatic rings. The summed E-state index contributed by atoms with van der Waals surface area (Å²) in [7, 11) is 1.52. The third-order valence-corrected chi connectivity index (χ3v) is 2.21. The summed E-state index contributed by atoms with van der Waals surface area (Å²) in [6, 6.07) is 3.17. The summed E-state index contributed by atoms with van der Waals surface area (Å²) < 4.78 is 12.9. The molecule has 0 aliphatic rings. The minimum absolute atomic E-state index is 0.113. The van der Waals surface area contributed by atoms with Gasteiger partial charge in [0.2, 0.25) is 0 Å². The van der Waals surface area contributed by atoms with E-state index < -0.39 is 16.7 Å². The number of nitro groups is 1. The van der Waals surface area contributed by atoms with Crippen molar-refractivity contribution in [3.63, 3.8) is 0 Å². The Kier molecular flexibility index (Phi) is 3.97. The number of carbonyl (C=O) groups is 1. The fourth-order valence-corrected chi connectivity index (χ4v) is 1.35. The van der Waals surface area contributed by atoms with E-state index in [4.69, 9.17) is 5.11 Å². The minimum Gasteiger partial charge on any atom is -0.481 e. The SMILES string of the molecule is CN(CCC(=O)O)c1ccc(F)cc1[N+](=O)[O-]. The molecule has 0 aromatic heterocycles. The molecule has 0 atom stereocenters. The fraction of sp³-hybridized carbons (Fsp3) is 0.300. The van der Waals surface area contributed by atoms with Crippen molar-refractivity contribution < 1.29 is 19.2 Å². The first kappa shape index (κ1) is 12.9. The predicted molar refractivity (Wildman–Crippen MR) is 58.6 cm³/mol. The molecular formula is C10H11FN2O4. The van der Waals surface area contributed by atoms with E-state index in [-0.39, 0.29) is 24.3 Å². The van der Waals surface area contributed by atoms with Gasteiger partial charge in [-0.2, -0.15) is 0 Å². The van der Waals surface area contributed by atoms with Gasteiger partial charge in [-0.15, -0.1) is 0 Å². The van der Waals surface area contributed by atoms with Crippen LogP contribution in [0.2, 0.25) is 0 Å². The van der Waals surface area contributed by atoms with E-state index in [0.717, 1.165) is 12.1 Å². The van der Waals surface area contributed by atoms with Crippen LogP contribution in [-0.2, 0) is 4.79 Å². The van der Waals surface area contributed by atoms with Gasteiger partial charge in [0.05, 0.1) is 17.4 Å². The van der Waals surface area contributed by atoms with Gasteiger partial charge in [0.1, 0.15) is 11.5 Å². The van der Waals surface area contributed by atoms with Crippen LogP contribution in [0.1, 0.15) is 6.42 Å². The Hall–Kier alpha value is -2.18. The third-order valence-electron chi connectivity index (χ3n) is 2.21. The standard InChI is InChI=1S/C10H11FN2O4/c1-12(5-4-10(14)15)8-3-2-7(11)6-9(8)13(16)17/h2-3,6H,4-5H2,1H3,(H,14,15). The summed E-state index contributed by atoms with van der Waals surface area (Å²) in [4.78, 5) is 21.8. The Bertz CT molecular complexity index is 450. The molecule has 0 aliphatic carbocycles. The summed E-state index contributed by atoms with van der Waals surface area (Å²) in [6.45, 7) is 0.113. The van der Waals surface area contributed by atoms with Crippen molar-refractivity contribution in [1.29, 1.82) is 0 Å². The lowest BCUT2D eigenvalue weighted by Gasteiger charge is -2.17. The molecule has 1 aromatic carbocycles. The average molecular weight is 242 g/mol. The largest absolute Gasteiger partial charge is 0.481 e. The van der Waals surface area contributed by atoms with Gasteiger partial charge < -0.3 is 10.0 Å². The van der Waals surface area contributed by atoms with E-state index >= 15 is 0 Å². The van der Waals surface area contributed by atoms with Gasteiger partial charge in [-0.05, 0) is 12.1 Å². The lowest BCUT2D eigenvalue weighted by atomic mass is 10.2. The molecule has 0 unspecified atom stereocenters. The molecule has 1 N–H and O–H groups in total. The number of carboxylic acids is 1. The summed E-state index contributed by atoms with van der Waals surface area (Å²) in [6.07, 6.45) is -0.148. The summed E-state index contributed by atoms with van der Waals surface area (Å²) >= 11 is 0. The van der Waals surface area contributed by atoms with Crippen LogP contribution in [-0.4, -0.2) is 29.6 Å². The Morgan fingerprint density at radius 3 is 2.76 bits per heavy atom. The maximum atomic E-state index is 12.9. The number of anilines is 1. The van der Waals surface area contributed by atoms with Crippen molar-refractivity contribution in [2.24, 2.45) is 0 Å². The monoisotopic (exact) mass is 242 g/mol. The molecule has 0 heterocycles. The van der Waals surface area contributed by atoms with Gasteiger partial charge >= 0.3 is 5.97 Å². The van der Waals surface area contributed by atoms with E-state index in [9.17, 15) is 19.3 Å². The van der Waals surface area contributed by atoms with Crippen LogP contribution in [0.15, 0.2) is 18.2 Å². The van der Waals surface area contributed by atoms with Crippen molar-refractivity contribution in [1.82, 2.24) is 0 Å². The van der Waals surface area contributed by atoms with Crippen LogP contribution in [0, 0.1) is 15.9 Å². The van der Waals surface area contributed by atoms with E-state index in [0.29, 0.717) is 0 Å². The highest BCUT2D eigenvalue weighted by molar-refractivity contribution is 5.69. The first-order valence-electron chi connectivity index (χ1n) is 4.78. The zero-order valence-corrected chi connectivity index (χ0v) is 9.09. The summed E-state index contributed by atoms with van der Waals surface area (Å²) in [5.41, 5.74) is -0.185. The number of rotatable bonds is 5. The van der Waals surface area contributed by atoms with Crippen molar-refractivity contribution in [3.8, 4) is 0 Å². The van der Waals surface area contributed by atoms with Gasteiger partial charge in [0, 0.05) is 13.6 Å². The number of aliphatic carboxylic acids is 1. The number of nitro benzene ring substituents is 1. The maximum Gasteiger partial charge on any atom is 0.305 e. The lowest BCUT2D eigenvalue weighted by Crippen LogP contribution is -2.21. The smallest absolute Gasteiger partial charge is 0.305 e. The maximum absolute atomic E-state index is 12.9. The van der Waals surface area contributed by atoms with E-state index in [1.54, 1.807) is 0 Å². The Morgan fingerprint density at radius 2 is 2.24 bits per heavy atom. The molecule has 0 saturated carbocycles. The molecule has 0 spiro atoms. The van der Waals surface area contributed by atoms with Gasteiger partial charge in [0.15, 0.2) is 0 Å². The summed E-state index contributed by atoms with van der Waals surface area (Å²) in [5, 5.41) is 19.2. The minimum atomic E-state index is -0.999. The van der Waals surface area contributed by atoms with Crippen LogP contribution in [0.4, 0.5) is 15.8 Å². The Labute approximate surface area is 96.4 Å². The molecule has 1 rings (SSSR count). The van der Waals surface area contributed by atoms with Crippen LogP contribution >= 0.6 is 0 Å². The van der Waals surface area contributed by atoms with Gasteiger partial charge in [0.25, 0.3) is 5.69 Å². The van der Waals surface area contributed by atoms with Crippen molar-refractivity contribution >= 4 is 17.3 Å². The second-order valence-corrected chi connectivity index (χ2v) is 3.46. The lowest BCUT2D eigenvalue weighted by molar-refractivity contribution is -0.384. The number of carboxylic acid groups (broad SMARTS) is 1. The highest BCUT2D eigenvalue weighted by Crippen LogP contribution is 2.27. The molecule has 6 nitrogen and oxygen atoms in total. The van der Waals surface area contributed by atoms with Crippen LogP contribution in [0.5, 0.6) is 0 Å². The molecule has 0 aliphatic heterocycles. The highest BCUT2D eigenvalue weighted by atomic mass is 19.1. The second-order valence-electron chi connectivity index (χ2n) is 3.46.